The van der Waals surface area contributed by atoms with Crippen LogP contribution in [0.25, 0.3) is 0 Å². The van der Waals surface area contributed by atoms with Gasteiger partial charge in [0, 0.05) is 19.3 Å². The summed E-state index contributed by atoms with van der Waals surface area (Å²) in [4.78, 5) is 0.292. The molecule has 1 aliphatic rings. The molecule has 5 nitrogen and oxygen atoms in total. The standard InChI is InChI=1S/C15H24N2O3S/c1-11-8-13(16)9-12(2)14(11)21(19,20)17(3)10-15(18)6-4-5-7-15/h8-9,18H,4-7,10,16H2,1-3H3. The molecular weight excluding hydrogens is 288 g/mol. The molecule has 21 heavy (non-hydrogen) atoms. The molecule has 1 aromatic rings. The van der Waals surface area contributed by atoms with Crippen LogP contribution in [0.3, 0.4) is 0 Å². The zero-order chi connectivity index (χ0) is 15.8. The highest BCUT2D eigenvalue weighted by molar-refractivity contribution is 7.89. The molecule has 1 aliphatic carbocycles. The van der Waals surface area contributed by atoms with Gasteiger partial charge in [-0.2, -0.15) is 4.31 Å². The maximum absolute atomic E-state index is 12.8. The molecule has 3 N–H and O–H groups in total. The van der Waals surface area contributed by atoms with Crippen molar-refractivity contribution >= 4 is 15.7 Å². The molecule has 0 saturated heterocycles. The fraction of sp³-hybridized carbons (Fsp3) is 0.600. The zero-order valence-corrected chi connectivity index (χ0v) is 13.7. The summed E-state index contributed by atoms with van der Waals surface area (Å²) in [5.41, 5.74) is 6.69. The van der Waals surface area contributed by atoms with Gasteiger partial charge in [0.1, 0.15) is 0 Å². The van der Waals surface area contributed by atoms with Crippen molar-refractivity contribution < 1.29 is 13.5 Å². The maximum atomic E-state index is 12.8. The zero-order valence-electron chi connectivity index (χ0n) is 12.9. The Morgan fingerprint density at radius 3 is 2.19 bits per heavy atom. The van der Waals surface area contributed by atoms with Gasteiger partial charge in [0.05, 0.1) is 10.5 Å². The van der Waals surface area contributed by atoms with E-state index in [0.29, 0.717) is 34.6 Å². The van der Waals surface area contributed by atoms with Crippen LogP contribution in [-0.2, 0) is 10.0 Å². The molecule has 0 bridgehead atoms. The van der Waals surface area contributed by atoms with Gasteiger partial charge in [-0.25, -0.2) is 8.42 Å². The number of nitrogens with zero attached hydrogens (tertiary/aromatic N) is 1. The summed E-state index contributed by atoms with van der Waals surface area (Å²) in [7, 11) is -2.10. The van der Waals surface area contributed by atoms with Crippen LogP contribution >= 0.6 is 0 Å². The van der Waals surface area contributed by atoms with Crippen molar-refractivity contribution in [2.24, 2.45) is 0 Å². The summed E-state index contributed by atoms with van der Waals surface area (Å²) in [5, 5.41) is 10.4. The summed E-state index contributed by atoms with van der Waals surface area (Å²) in [6, 6.07) is 3.33. The summed E-state index contributed by atoms with van der Waals surface area (Å²) < 4.78 is 26.8. The first-order valence-electron chi connectivity index (χ1n) is 7.21. The average molecular weight is 312 g/mol. The number of rotatable bonds is 4. The van der Waals surface area contributed by atoms with E-state index in [1.807, 2.05) is 0 Å². The van der Waals surface area contributed by atoms with Crippen LogP contribution in [-0.4, -0.2) is 37.0 Å². The SMILES string of the molecule is Cc1cc(N)cc(C)c1S(=O)(=O)N(C)CC1(O)CCCC1. The Bertz CT molecular complexity index is 611. The van der Waals surface area contributed by atoms with Gasteiger partial charge in [-0.3, -0.25) is 0 Å². The van der Waals surface area contributed by atoms with Gasteiger partial charge >= 0.3 is 0 Å². The molecule has 0 unspecified atom stereocenters. The van der Waals surface area contributed by atoms with E-state index in [-0.39, 0.29) is 6.54 Å². The second-order valence-corrected chi connectivity index (χ2v) is 8.16. The maximum Gasteiger partial charge on any atom is 0.243 e. The van der Waals surface area contributed by atoms with Crippen molar-refractivity contribution in [1.82, 2.24) is 4.31 Å². The monoisotopic (exact) mass is 312 g/mol. The van der Waals surface area contributed by atoms with Gasteiger partial charge in [0.2, 0.25) is 10.0 Å². The minimum Gasteiger partial charge on any atom is -0.399 e. The number of hydrogen-bond donors (Lipinski definition) is 2. The highest BCUT2D eigenvalue weighted by atomic mass is 32.2. The lowest BCUT2D eigenvalue weighted by molar-refractivity contribution is 0.0333. The van der Waals surface area contributed by atoms with Crippen LogP contribution in [0, 0.1) is 13.8 Å². The van der Waals surface area contributed by atoms with Gasteiger partial charge in [-0.15, -0.1) is 0 Å². The van der Waals surface area contributed by atoms with E-state index in [1.165, 1.54) is 11.4 Å². The van der Waals surface area contributed by atoms with Crippen LogP contribution in [0.1, 0.15) is 36.8 Å². The Morgan fingerprint density at radius 2 is 1.71 bits per heavy atom. The average Bonchev–Trinajstić information content (AvgIpc) is 2.73. The molecule has 6 heteroatoms. The quantitative estimate of drug-likeness (QED) is 0.831. The van der Waals surface area contributed by atoms with Crippen LogP contribution in [0.4, 0.5) is 5.69 Å². The lowest BCUT2D eigenvalue weighted by atomic mass is 10.0. The topological polar surface area (TPSA) is 83.6 Å². The molecule has 1 fully saturated rings. The lowest BCUT2D eigenvalue weighted by Crippen LogP contribution is -2.42. The molecule has 0 radical (unpaired) electrons. The third kappa shape index (κ3) is 3.22. The third-order valence-electron chi connectivity index (χ3n) is 4.20. The summed E-state index contributed by atoms with van der Waals surface area (Å²) in [6.45, 7) is 3.63. The molecule has 1 aromatic carbocycles. The Morgan fingerprint density at radius 1 is 1.24 bits per heavy atom. The van der Waals surface area contributed by atoms with Crippen LogP contribution < -0.4 is 5.73 Å². The first-order valence-corrected chi connectivity index (χ1v) is 8.65. The van der Waals surface area contributed by atoms with Crippen molar-refractivity contribution in [3.05, 3.63) is 23.3 Å². The molecule has 118 valence electrons. The summed E-state index contributed by atoms with van der Waals surface area (Å²) in [5.74, 6) is 0. The molecule has 0 atom stereocenters. The van der Waals surface area contributed by atoms with E-state index < -0.39 is 15.6 Å². The van der Waals surface area contributed by atoms with E-state index in [9.17, 15) is 13.5 Å². The molecule has 0 spiro atoms. The molecular formula is C15H24N2O3S. The fourth-order valence-corrected chi connectivity index (χ4v) is 4.89. The molecule has 0 aromatic heterocycles. The number of nitrogen functional groups attached to an aromatic ring is 1. The Balaban J connectivity index is 2.34. The van der Waals surface area contributed by atoms with Crippen molar-refractivity contribution in [2.45, 2.75) is 50.0 Å². The highest BCUT2D eigenvalue weighted by Crippen LogP contribution is 2.32. The molecule has 0 aliphatic heterocycles. The predicted octanol–water partition coefficient (Wildman–Crippen LogP) is 1.81. The largest absolute Gasteiger partial charge is 0.399 e. The predicted molar refractivity (Wildman–Crippen MR) is 83.6 cm³/mol. The smallest absolute Gasteiger partial charge is 0.243 e. The van der Waals surface area contributed by atoms with Crippen molar-refractivity contribution in [3.63, 3.8) is 0 Å². The van der Waals surface area contributed by atoms with Crippen molar-refractivity contribution in [1.29, 1.82) is 0 Å². The first kappa shape index (κ1) is 16.3. The minimum absolute atomic E-state index is 0.137. The number of nitrogens with two attached hydrogens (primary N) is 1. The normalized spacial score (nSPS) is 18.3. The Labute approximate surface area is 126 Å². The minimum atomic E-state index is -3.62. The number of hydrogen-bond acceptors (Lipinski definition) is 4. The van der Waals surface area contributed by atoms with Gasteiger partial charge in [0.25, 0.3) is 0 Å². The van der Waals surface area contributed by atoms with Crippen molar-refractivity contribution in [3.8, 4) is 0 Å². The lowest BCUT2D eigenvalue weighted by Gasteiger charge is -2.29. The second-order valence-electron chi connectivity index (χ2n) is 6.18. The number of sulfonamides is 1. The molecule has 0 amide bonds. The van der Waals surface area contributed by atoms with E-state index in [0.717, 1.165) is 12.8 Å². The number of likely N-dealkylation sites (N-methyl/N-ethyl adjacent to an activating group) is 1. The van der Waals surface area contributed by atoms with E-state index >= 15 is 0 Å². The van der Waals surface area contributed by atoms with Gasteiger partial charge in [-0.05, 0) is 49.9 Å². The first-order chi connectivity index (χ1) is 9.66. The van der Waals surface area contributed by atoms with Crippen LogP contribution in [0.2, 0.25) is 0 Å². The highest BCUT2D eigenvalue weighted by Gasteiger charge is 2.36. The number of anilines is 1. The number of aryl methyl sites for hydroxylation is 2. The Kier molecular flexibility index (Phi) is 4.33. The van der Waals surface area contributed by atoms with E-state index in [1.54, 1.807) is 26.0 Å². The molecule has 2 rings (SSSR count). The van der Waals surface area contributed by atoms with Crippen molar-refractivity contribution in [2.75, 3.05) is 19.3 Å². The Hall–Kier alpha value is -1.11. The van der Waals surface area contributed by atoms with E-state index in [4.69, 9.17) is 5.73 Å². The van der Waals surface area contributed by atoms with Crippen LogP contribution in [0.15, 0.2) is 17.0 Å². The van der Waals surface area contributed by atoms with E-state index in [2.05, 4.69) is 0 Å². The third-order valence-corrected chi connectivity index (χ3v) is 6.31. The fourth-order valence-electron chi connectivity index (χ4n) is 3.24. The van der Waals surface area contributed by atoms with Gasteiger partial charge in [-0.1, -0.05) is 12.8 Å². The van der Waals surface area contributed by atoms with Gasteiger partial charge in [0.15, 0.2) is 0 Å². The summed E-state index contributed by atoms with van der Waals surface area (Å²) >= 11 is 0. The number of benzene rings is 1. The summed E-state index contributed by atoms with van der Waals surface area (Å²) in [6.07, 6.45) is 3.22. The van der Waals surface area contributed by atoms with Crippen LogP contribution in [0.5, 0.6) is 0 Å². The molecule has 1 saturated carbocycles. The number of aliphatic hydroxyl groups is 1. The second kappa shape index (κ2) is 5.59. The molecule has 0 heterocycles. The van der Waals surface area contributed by atoms with Gasteiger partial charge < -0.3 is 10.8 Å².